The molecule has 5 nitrogen and oxygen atoms in total. The molecule has 0 bridgehead atoms. The van der Waals surface area contributed by atoms with Gasteiger partial charge in [-0.1, -0.05) is 51.8 Å². The molecule has 4 atom stereocenters. The molecule has 0 unspecified atom stereocenters. The van der Waals surface area contributed by atoms with Crippen LogP contribution in [0.1, 0.15) is 83.4 Å². The van der Waals surface area contributed by atoms with Gasteiger partial charge in [0.05, 0.1) is 6.61 Å². The van der Waals surface area contributed by atoms with Gasteiger partial charge in [0, 0.05) is 6.42 Å². The first-order chi connectivity index (χ1) is 14.4. The summed E-state index contributed by atoms with van der Waals surface area (Å²) in [4.78, 5) is 12.4. The number of carbonyl (C=O) groups excluding carboxylic acids is 1. The number of benzene rings is 1. The Hall–Kier alpha value is -1.27. The van der Waals surface area contributed by atoms with Crippen molar-refractivity contribution < 1.29 is 23.7 Å². The molecular formula is C25H38O5. The van der Waals surface area contributed by atoms with E-state index in [9.17, 15) is 4.79 Å². The van der Waals surface area contributed by atoms with Gasteiger partial charge in [-0.25, -0.2) is 0 Å². The molecule has 0 saturated carbocycles. The molecule has 0 aromatic heterocycles. The van der Waals surface area contributed by atoms with Crippen LogP contribution in [0.4, 0.5) is 0 Å². The van der Waals surface area contributed by atoms with Crippen molar-refractivity contribution in [2.45, 2.75) is 117 Å². The maximum atomic E-state index is 12.4. The predicted octanol–water partition coefficient (Wildman–Crippen LogP) is 5.11. The van der Waals surface area contributed by atoms with Crippen LogP contribution in [0, 0.1) is 0 Å². The van der Waals surface area contributed by atoms with Crippen LogP contribution in [0.2, 0.25) is 0 Å². The van der Waals surface area contributed by atoms with E-state index in [0.29, 0.717) is 13.0 Å². The summed E-state index contributed by atoms with van der Waals surface area (Å²) in [5.74, 6) is -0.705. The molecule has 0 aliphatic carbocycles. The van der Waals surface area contributed by atoms with Gasteiger partial charge >= 0.3 is 0 Å². The first-order valence-electron chi connectivity index (χ1n) is 11.6. The second kappa shape index (κ2) is 10.4. The Kier molecular flexibility index (Phi) is 8.08. The van der Waals surface area contributed by atoms with Gasteiger partial charge in [-0.05, 0) is 56.2 Å². The molecular weight excluding hydrogens is 380 g/mol. The molecule has 0 spiro atoms. The minimum atomic E-state index is -0.731. The van der Waals surface area contributed by atoms with Gasteiger partial charge in [-0.3, -0.25) is 4.79 Å². The lowest BCUT2D eigenvalue weighted by atomic mass is 9.96. The van der Waals surface area contributed by atoms with Crippen LogP contribution in [0.25, 0.3) is 0 Å². The zero-order chi connectivity index (χ0) is 21.7. The molecule has 0 amide bonds. The van der Waals surface area contributed by atoms with Gasteiger partial charge in [0.15, 0.2) is 17.9 Å². The summed E-state index contributed by atoms with van der Waals surface area (Å²) in [6.07, 6.45) is 5.40. The molecule has 168 valence electrons. The molecule has 0 N–H and O–H groups in total. The van der Waals surface area contributed by atoms with Gasteiger partial charge in [0.2, 0.25) is 0 Å². The maximum Gasteiger partial charge on any atom is 0.190 e. The van der Waals surface area contributed by atoms with Crippen molar-refractivity contribution in [3.63, 3.8) is 0 Å². The first-order valence-corrected chi connectivity index (χ1v) is 11.6. The molecule has 2 heterocycles. The zero-order valence-corrected chi connectivity index (χ0v) is 19.2. The average molecular weight is 419 g/mol. The van der Waals surface area contributed by atoms with Gasteiger partial charge < -0.3 is 18.9 Å². The van der Waals surface area contributed by atoms with Crippen LogP contribution >= 0.6 is 0 Å². The fourth-order valence-electron chi connectivity index (χ4n) is 4.29. The molecule has 1 aromatic rings. The fourth-order valence-corrected chi connectivity index (χ4v) is 4.29. The predicted molar refractivity (Wildman–Crippen MR) is 116 cm³/mol. The standard InChI is InChI=1S/C25H38O5/c1-6-9-11-18-14-13-17(15-19(18)12-10-7-2)16-27-22-21(20(26)8-3)28-24-23(22)29-25(4,5)30-24/h13-15,21-24H,6-12,16H2,1-5H3/t21-,22+,23-,24-/m1/s1. The van der Waals surface area contributed by atoms with E-state index in [2.05, 4.69) is 32.0 Å². The molecule has 0 radical (unpaired) electrons. The summed E-state index contributed by atoms with van der Waals surface area (Å²) >= 11 is 0. The lowest BCUT2D eigenvalue weighted by Gasteiger charge is -2.25. The van der Waals surface area contributed by atoms with Crippen LogP contribution in [-0.4, -0.2) is 36.2 Å². The van der Waals surface area contributed by atoms with Crippen LogP contribution in [0.15, 0.2) is 18.2 Å². The van der Waals surface area contributed by atoms with Gasteiger partial charge in [-0.2, -0.15) is 0 Å². The Morgan fingerprint density at radius 1 is 1.03 bits per heavy atom. The Labute approximate surface area is 181 Å². The van der Waals surface area contributed by atoms with Crippen molar-refractivity contribution in [2.75, 3.05) is 0 Å². The van der Waals surface area contributed by atoms with Gasteiger partial charge in [0.1, 0.15) is 18.3 Å². The van der Waals surface area contributed by atoms with E-state index < -0.39 is 24.3 Å². The molecule has 1 aromatic carbocycles. The number of Topliss-reactive ketones (excluding diaryl/α,β-unsaturated/α-hetero) is 1. The molecule has 2 aliphatic heterocycles. The van der Waals surface area contributed by atoms with Crippen molar-refractivity contribution in [1.82, 2.24) is 0 Å². The molecule has 2 saturated heterocycles. The van der Waals surface area contributed by atoms with E-state index in [0.717, 1.165) is 18.4 Å². The molecule has 2 aliphatic rings. The molecule has 3 rings (SSSR count). The lowest BCUT2D eigenvalue weighted by molar-refractivity contribution is -0.218. The number of aryl methyl sites for hydroxylation is 2. The fraction of sp³-hybridized carbons (Fsp3) is 0.720. The number of rotatable bonds is 11. The Morgan fingerprint density at radius 3 is 2.40 bits per heavy atom. The summed E-state index contributed by atoms with van der Waals surface area (Å²) < 4.78 is 24.0. The maximum absolute atomic E-state index is 12.4. The Bertz CT molecular complexity index is 713. The Balaban J connectivity index is 1.72. The van der Waals surface area contributed by atoms with Gasteiger partial charge in [-0.15, -0.1) is 0 Å². The third-order valence-corrected chi connectivity index (χ3v) is 5.97. The SMILES string of the molecule is CCCCc1ccc(CO[C@@H]2[C@H]3OC(C)(C)O[C@H]3O[C@@H]2C(=O)CC)cc1CCCC. The normalized spacial score (nSPS) is 27.4. The smallest absolute Gasteiger partial charge is 0.190 e. The van der Waals surface area contributed by atoms with Crippen molar-refractivity contribution in [1.29, 1.82) is 0 Å². The summed E-state index contributed by atoms with van der Waals surface area (Å²) in [5.41, 5.74) is 4.01. The first kappa shape index (κ1) is 23.4. The van der Waals surface area contributed by atoms with Crippen molar-refractivity contribution in [3.8, 4) is 0 Å². The van der Waals surface area contributed by atoms with Gasteiger partial charge in [0.25, 0.3) is 0 Å². The largest absolute Gasteiger partial charge is 0.367 e. The van der Waals surface area contributed by atoms with E-state index in [1.807, 2.05) is 20.8 Å². The number of fused-ring (bicyclic) bond motifs is 1. The second-order valence-corrected chi connectivity index (χ2v) is 8.93. The minimum absolute atomic E-state index is 0.0259. The zero-order valence-electron chi connectivity index (χ0n) is 19.2. The number of unbranched alkanes of at least 4 members (excludes halogenated alkanes) is 2. The van der Waals surface area contributed by atoms with E-state index in [1.54, 1.807) is 0 Å². The summed E-state index contributed by atoms with van der Waals surface area (Å²) in [5, 5.41) is 0. The lowest BCUT2D eigenvalue weighted by Crippen LogP contribution is -2.40. The summed E-state index contributed by atoms with van der Waals surface area (Å²) in [6, 6.07) is 6.68. The topological polar surface area (TPSA) is 54.0 Å². The van der Waals surface area contributed by atoms with Crippen molar-refractivity contribution >= 4 is 5.78 Å². The number of ether oxygens (including phenoxy) is 4. The third-order valence-electron chi connectivity index (χ3n) is 5.97. The Morgan fingerprint density at radius 2 is 1.73 bits per heavy atom. The monoisotopic (exact) mass is 418 g/mol. The third kappa shape index (κ3) is 5.50. The minimum Gasteiger partial charge on any atom is -0.367 e. The highest BCUT2D eigenvalue weighted by Crippen LogP contribution is 2.39. The van der Waals surface area contributed by atoms with Crippen LogP contribution < -0.4 is 0 Å². The van der Waals surface area contributed by atoms with E-state index in [1.165, 1.54) is 36.8 Å². The molecule has 30 heavy (non-hydrogen) atoms. The number of hydrogen-bond acceptors (Lipinski definition) is 5. The van der Waals surface area contributed by atoms with Crippen molar-refractivity contribution in [2.24, 2.45) is 0 Å². The van der Waals surface area contributed by atoms with E-state index in [4.69, 9.17) is 18.9 Å². The highest BCUT2D eigenvalue weighted by atomic mass is 16.8. The van der Waals surface area contributed by atoms with E-state index >= 15 is 0 Å². The number of hydrogen-bond donors (Lipinski definition) is 0. The summed E-state index contributed by atoms with van der Waals surface area (Å²) in [6.45, 7) is 10.5. The molecule has 2 fully saturated rings. The summed E-state index contributed by atoms with van der Waals surface area (Å²) in [7, 11) is 0. The highest BCUT2D eigenvalue weighted by Gasteiger charge is 2.56. The van der Waals surface area contributed by atoms with E-state index in [-0.39, 0.29) is 11.9 Å². The number of carbonyl (C=O) groups is 1. The quantitative estimate of drug-likeness (QED) is 0.500. The van der Waals surface area contributed by atoms with Crippen LogP contribution in [-0.2, 0) is 43.2 Å². The molecule has 5 heteroatoms. The second-order valence-electron chi connectivity index (χ2n) is 8.93. The van der Waals surface area contributed by atoms with Crippen molar-refractivity contribution in [3.05, 3.63) is 34.9 Å². The number of ketones is 1. The van der Waals surface area contributed by atoms with Crippen LogP contribution in [0.3, 0.4) is 0 Å². The highest BCUT2D eigenvalue weighted by molar-refractivity contribution is 5.83. The average Bonchev–Trinajstić information content (AvgIpc) is 3.20. The van der Waals surface area contributed by atoms with Crippen LogP contribution in [0.5, 0.6) is 0 Å².